The summed E-state index contributed by atoms with van der Waals surface area (Å²) < 4.78 is 2.62. The van der Waals surface area contributed by atoms with E-state index in [1.807, 2.05) is 0 Å². The molecule has 0 N–H and O–H groups in total. The fraction of sp³-hybridized carbons (Fsp3) is 0. The number of rotatable bonds is 0. The molecule has 0 saturated carbocycles. The minimum atomic E-state index is 0.594. The Hall–Kier alpha value is -0.610. The highest BCUT2D eigenvalue weighted by Gasteiger charge is 1.99. The molecule has 0 aromatic carbocycles. The SMILES string of the molecule is Clc1cnc2ncc(Br)n2c1. The van der Waals surface area contributed by atoms with Crippen molar-refractivity contribution in [2.24, 2.45) is 0 Å². The molecule has 0 spiro atoms. The number of hydrogen-bond donors (Lipinski definition) is 0. The van der Waals surface area contributed by atoms with Crippen LogP contribution in [0.3, 0.4) is 0 Å². The molecule has 0 atom stereocenters. The van der Waals surface area contributed by atoms with Crippen LogP contribution in [0.15, 0.2) is 23.2 Å². The van der Waals surface area contributed by atoms with Crippen LogP contribution in [0, 0.1) is 0 Å². The third kappa shape index (κ3) is 1.12. The van der Waals surface area contributed by atoms with E-state index >= 15 is 0 Å². The second-order valence-corrected chi connectivity index (χ2v) is 3.27. The highest BCUT2D eigenvalue weighted by molar-refractivity contribution is 9.10. The minimum absolute atomic E-state index is 0.594. The smallest absolute Gasteiger partial charge is 0.234 e. The summed E-state index contributed by atoms with van der Waals surface area (Å²) in [6.07, 6.45) is 5.00. The lowest BCUT2D eigenvalue weighted by molar-refractivity contribution is 1.09. The molecular formula is C6H3BrClN3. The van der Waals surface area contributed by atoms with Crippen LogP contribution in [-0.2, 0) is 0 Å². The predicted octanol–water partition coefficient (Wildman–Crippen LogP) is 2.15. The maximum atomic E-state index is 5.72. The van der Waals surface area contributed by atoms with Gasteiger partial charge in [0.2, 0.25) is 5.78 Å². The topological polar surface area (TPSA) is 30.2 Å². The van der Waals surface area contributed by atoms with Crippen LogP contribution in [0.1, 0.15) is 0 Å². The summed E-state index contributed by atoms with van der Waals surface area (Å²) in [6, 6.07) is 0. The molecule has 0 bridgehead atoms. The Morgan fingerprint density at radius 1 is 1.36 bits per heavy atom. The van der Waals surface area contributed by atoms with Crippen molar-refractivity contribution >= 4 is 33.3 Å². The van der Waals surface area contributed by atoms with E-state index in [-0.39, 0.29) is 0 Å². The monoisotopic (exact) mass is 231 g/mol. The first-order valence-corrected chi connectivity index (χ1v) is 4.08. The predicted molar refractivity (Wildman–Crippen MR) is 45.7 cm³/mol. The van der Waals surface area contributed by atoms with Gasteiger partial charge in [-0.1, -0.05) is 11.6 Å². The largest absolute Gasteiger partial charge is 0.276 e. The van der Waals surface area contributed by atoms with E-state index in [9.17, 15) is 0 Å². The lowest BCUT2D eigenvalue weighted by atomic mass is 10.6. The Labute approximate surface area is 76.2 Å². The maximum absolute atomic E-state index is 5.72. The molecule has 2 rings (SSSR count). The number of fused-ring (bicyclic) bond motifs is 1. The van der Waals surface area contributed by atoms with Crippen molar-refractivity contribution in [1.29, 1.82) is 0 Å². The number of hydrogen-bond acceptors (Lipinski definition) is 2. The lowest BCUT2D eigenvalue weighted by Crippen LogP contribution is -1.86. The molecule has 0 fully saturated rings. The fourth-order valence-electron chi connectivity index (χ4n) is 0.822. The molecule has 3 nitrogen and oxygen atoms in total. The van der Waals surface area contributed by atoms with Crippen LogP contribution in [0.2, 0.25) is 5.02 Å². The van der Waals surface area contributed by atoms with Crippen LogP contribution >= 0.6 is 27.5 Å². The Kier molecular flexibility index (Phi) is 1.58. The second-order valence-electron chi connectivity index (χ2n) is 2.02. The molecule has 0 radical (unpaired) electrons. The van der Waals surface area contributed by atoms with E-state index in [2.05, 4.69) is 25.9 Å². The summed E-state index contributed by atoms with van der Waals surface area (Å²) in [4.78, 5) is 8.00. The molecule has 2 heterocycles. The standard InChI is InChI=1S/C6H3BrClN3/c7-5-2-10-6-9-1-4(8)3-11(5)6/h1-3H. The van der Waals surface area contributed by atoms with Gasteiger partial charge < -0.3 is 0 Å². The summed E-state index contributed by atoms with van der Waals surface area (Å²) in [5.74, 6) is 0.640. The normalized spacial score (nSPS) is 10.7. The van der Waals surface area contributed by atoms with Crippen molar-refractivity contribution < 1.29 is 0 Å². The third-order valence-electron chi connectivity index (χ3n) is 1.29. The van der Waals surface area contributed by atoms with Crippen LogP contribution < -0.4 is 0 Å². The quantitative estimate of drug-likeness (QED) is 0.697. The van der Waals surface area contributed by atoms with Crippen molar-refractivity contribution in [3.05, 3.63) is 28.2 Å². The lowest BCUT2D eigenvalue weighted by Gasteiger charge is -1.93. The molecule has 2 aromatic rings. The number of halogens is 2. The zero-order valence-corrected chi connectivity index (χ0v) is 7.67. The van der Waals surface area contributed by atoms with Gasteiger partial charge in [0.15, 0.2) is 0 Å². The van der Waals surface area contributed by atoms with E-state index in [1.54, 1.807) is 23.0 Å². The molecule has 0 amide bonds. The molecule has 0 aliphatic carbocycles. The third-order valence-corrected chi connectivity index (χ3v) is 2.07. The van der Waals surface area contributed by atoms with Gasteiger partial charge in [-0.25, -0.2) is 9.97 Å². The van der Waals surface area contributed by atoms with Gasteiger partial charge in [-0.15, -0.1) is 0 Å². The van der Waals surface area contributed by atoms with Crippen LogP contribution in [0.5, 0.6) is 0 Å². The zero-order valence-electron chi connectivity index (χ0n) is 5.33. The number of nitrogens with zero attached hydrogens (tertiary/aromatic N) is 3. The summed E-state index contributed by atoms with van der Waals surface area (Å²) in [5.41, 5.74) is 0. The Balaban J connectivity index is 2.87. The van der Waals surface area contributed by atoms with Gasteiger partial charge in [-0.05, 0) is 15.9 Å². The Bertz CT molecular complexity index is 398. The molecular weight excluding hydrogens is 229 g/mol. The maximum Gasteiger partial charge on any atom is 0.234 e. The zero-order chi connectivity index (χ0) is 7.84. The van der Waals surface area contributed by atoms with E-state index in [1.165, 1.54) is 0 Å². The highest BCUT2D eigenvalue weighted by Crippen LogP contribution is 2.13. The van der Waals surface area contributed by atoms with Gasteiger partial charge in [0.1, 0.15) is 4.60 Å². The summed E-state index contributed by atoms with van der Waals surface area (Å²) >= 11 is 9.02. The van der Waals surface area contributed by atoms with Gasteiger partial charge in [0.25, 0.3) is 0 Å². The van der Waals surface area contributed by atoms with Crippen molar-refractivity contribution in [1.82, 2.24) is 14.4 Å². The summed E-state index contributed by atoms with van der Waals surface area (Å²) in [7, 11) is 0. The molecule has 2 aromatic heterocycles. The summed E-state index contributed by atoms with van der Waals surface area (Å²) in [5, 5.41) is 0.594. The van der Waals surface area contributed by atoms with Crippen LogP contribution in [0.4, 0.5) is 0 Å². The molecule has 11 heavy (non-hydrogen) atoms. The first-order chi connectivity index (χ1) is 5.27. The fourth-order valence-corrected chi connectivity index (χ4v) is 1.33. The first-order valence-electron chi connectivity index (χ1n) is 2.91. The van der Waals surface area contributed by atoms with Crippen molar-refractivity contribution in [3.8, 4) is 0 Å². The van der Waals surface area contributed by atoms with E-state index in [0.717, 1.165) is 4.60 Å². The highest BCUT2D eigenvalue weighted by atomic mass is 79.9. The van der Waals surface area contributed by atoms with Crippen LogP contribution in [0.25, 0.3) is 5.78 Å². The molecule has 0 unspecified atom stereocenters. The molecule has 0 aliphatic heterocycles. The van der Waals surface area contributed by atoms with E-state index in [4.69, 9.17) is 11.6 Å². The number of imidazole rings is 1. The average Bonchev–Trinajstić information content (AvgIpc) is 2.33. The first kappa shape index (κ1) is 7.06. The van der Waals surface area contributed by atoms with Gasteiger partial charge in [-0.2, -0.15) is 0 Å². The van der Waals surface area contributed by atoms with Crippen LogP contribution in [-0.4, -0.2) is 14.4 Å². The Morgan fingerprint density at radius 3 is 2.91 bits per heavy atom. The molecule has 5 heteroatoms. The molecule has 0 saturated heterocycles. The molecule has 56 valence electrons. The number of aromatic nitrogens is 3. The van der Waals surface area contributed by atoms with Gasteiger partial charge in [0.05, 0.1) is 17.4 Å². The van der Waals surface area contributed by atoms with Crippen molar-refractivity contribution in [3.63, 3.8) is 0 Å². The van der Waals surface area contributed by atoms with Crippen molar-refractivity contribution in [2.75, 3.05) is 0 Å². The van der Waals surface area contributed by atoms with Crippen molar-refractivity contribution in [2.45, 2.75) is 0 Å². The minimum Gasteiger partial charge on any atom is -0.276 e. The van der Waals surface area contributed by atoms with Gasteiger partial charge in [-0.3, -0.25) is 4.40 Å². The molecule has 0 aliphatic rings. The van der Waals surface area contributed by atoms with Gasteiger partial charge in [0, 0.05) is 6.20 Å². The second kappa shape index (κ2) is 2.46. The van der Waals surface area contributed by atoms with E-state index in [0.29, 0.717) is 10.8 Å². The van der Waals surface area contributed by atoms with E-state index < -0.39 is 0 Å². The Morgan fingerprint density at radius 2 is 2.09 bits per heavy atom. The average molecular weight is 232 g/mol. The van der Waals surface area contributed by atoms with Gasteiger partial charge >= 0.3 is 0 Å². The summed E-state index contributed by atoms with van der Waals surface area (Å²) in [6.45, 7) is 0.